The molecule has 2 fully saturated rings. The number of nitrogens with one attached hydrogen (secondary N) is 1. The van der Waals surface area contributed by atoms with Crippen molar-refractivity contribution in [2.75, 3.05) is 32.8 Å². The molecule has 94 valence electrons. The first-order valence-corrected chi connectivity index (χ1v) is 7.05. The third-order valence-corrected chi connectivity index (χ3v) is 4.66. The fraction of sp³-hybridized carbons (Fsp3) is 1.00. The molecule has 0 aromatic heterocycles. The number of rotatable bonds is 3. The van der Waals surface area contributed by atoms with Gasteiger partial charge >= 0.3 is 0 Å². The van der Waals surface area contributed by atoms with Crippen LogP contribution in [-0.2, 0) is 19.7 Å². The summed E-state index contributed by atoms with van der Waals surface area (Å²) in [4.78, 5) is 0. The molecule has 0 radical (unpaired) electrons. The Morgan fingerprint density at radius 1 is 1.25 bits per heavy atom. The number of piperidine rings is 1. The average molecular weight is 250 g/mol. The van der Waals surface area contributed by atoms with Crippen LogP contribution in [0.5, 0.6) is 0 Å². The lowest BCUT2D eigenvalue weighted by Gasteiger charge is -2.36. The van der Waals surface area contributed by atoms with E-state index in [4.69, 9.17) is 9.47 Å². The van der Waals surface area contributed by atoms with Gasteiger partial charge in [-0.25, -0.2) is 4.72 Å². The molecular weight excluding hydrogens is 232 g/mol. The standard InChI is InChI=1S/C9H18N2O4S/c1-2-10-16(12,13)11-5-3-9(4-6-11)14-7-8-15-9/h10H,2-8H2,1H3. The number of nitrogens with zero attached hydrogens (tertiary/aromatic N) is 1. The largest absolute Gasteiger partial charge is 0.347 e. The third-order valence-electron chi connectivity index (χ3n) is 2.96. The Balaban J connectivity index is 1.94. The van der Waals surface area contributed by atoms with Crippen molar-refractivity contribution < 1.29 is 17.9 Å². The van der Waals surface area contributed by atoms with Crippen molar-refractivity contribution in [3.8, 4) is 0 Å². The summed E-state index contributed by atoms with van der Waals surface area (Å²) in [6.07, 6.45) is 1.22. The van der Waals surface area contributed by atoms with Crippen LogP contribution in [0.2, 0.25) is 0 Å². The van der Waals surface area contributed by atoms with Crippen LogP contribution in [0.4, 0.5) is 0 Å². The highest BCUT2D eigenvalue weighted by Gasteiger charge is 2.42. The maximum Gasteiger partial charge on any atom is 0.279 e. The lowest BCUT2D eigenvalue weighted by molar-refractivity contribution is -0.179. The highest BCUT2D eigenvalue weighted by atomic mass is 32.2. The fourth-order valence-electron chi connectivity index (χ4n) is 2.13. The maximum atomic E-state index is 11.7. The zero-order chi connectivity index (χ0) is 11.6. The SMILES string of the molecule is CCNS(=O)(=O)N1CCC2(CC1)OCCO2. The van der Waals surface area contributed by atoms with E-state index in [0.29, 0.717) is 45.7 Å². The lowest BCUT2D eigenvalue weighted by Crippen LogP contribution is -2.50. The minimum atomic E-state index is -3.31. The first-order valence-electron chi connectivity index (χ1n) is 5.61. The van der Waals surface area contributed by atoms with Crippen LogP contribution in [0.1, 0.15) is 19.8 Å². The van der Waals surface area contributed by atoms with Gasteiger partial charge in [0.1, 0.15) is 0 Å². The summed E-state index contributed by atoms with van der Waals surface area (Å²) < 4.78 is 38.5. The van der Waals surface area contributed by atoms with E-state index in [1.807, 2.05) is 0 Å². The lowest BCUT2D eigenvalue weighted by atomic mass is 10.1. The van der Waals surface area contributed by atoms with Crippen LogP contribution in [0, 0.1) is 0 Å². The molecule has 0 aliphatic carbocycles. The zero-order valence-electron chi connectivity index (χ0n) is 9.44. The van der Waals surface area contributed by atoms with Crippen molar-refractivity contribution in [2.45, 2.75) is 25.6 Å². The van der Waals surface area contributed by atoms with Crippen LogP contribution in [0.25, 0.3) is 0 Å². The Kier molecular flexibility index (Phi) is 3.50. The Labute approximate surface area is 96.1 Å². The number of ether oxygens (including phenoxy) is 2. The molecule has 1 spiro atoms. The summed E-state index contributed by atoms with van der Waals surface area (Å²) in [6, 6.07) is 0. The molecule has 2 heterocycles. The van der Waals surface area contributed by atoms with Gasteiger partial charge in [0.05, 0.1) is 13.2 Å². The summed E-state index contributed by atoms with van der Waals surface area (Å²) in [7, 11) is -3.31. The second-order valence-corrected chi connectivity index (χ2v) is 5.76. The molecule has 2 aliphatic rings. The van der Waals surface area contributed by atoms with Crippen LogP contribution in [0.15, 0.2) is 0 Å². The molecule has 2 saturated heterocycles. The van der Waals surface area contributed by atoms with Crippen molar-refractivity contribution in [2.24, 2.45) is 0 Å². The van der Waals surface area contributed by atoms with Gasteiger partial charge in [-0.15, -0.1) is 0 Å². The Bertz CT molecular complexity index is 327. The Morgan fingerprint density at radius 3 is 2.31 bits per heavy atom. The predicted molar refractivity (Wildman–Crippen MR) is 58.0 cm³/mol. The molecule has 0 atom stereocenters. The third kappa shape index (κ3) is 2.38. The van der Waals surface area contributed by atoms with E-state index in [1.54, 1.807) is 6.92 Å². The van der Waals surface area contributed by atoms with Crippen molar-refractivity contribution in [3.63, 3.8) is 0 Å². The Morgan fingerprint density at radius 2 is 1.81 bits per heavy atom. The van der Waals surface area contributed by atoms with Gasteiger partial charge in [0.25, 0.3) is 10.2 Å². The molecule has 7 heteroatoms. The summed E-state index contributed by atoms with van der Waals surface area (Å²) in [5.41, 5.74) is 0. The molecule has 2 aliphatic heterocycles. The van der Waals surface area contributed by atoms with Gasteiger partial charge in [0.15, 0.2) is 5.79 Å². The monoisotopic (exact) mass is 250 g/mol. The Hall–Kier alpha value is -0.210. The summed E-state index contributed by atoms with van der Waals surface area (Å²) in [5, 5.41) is 0. The van der Waals surface area contributed by atoms with E-state index in [9.17, 15) is 8.42 Å². The summed E-state index contributed by atoms with van der Waals surface area (Å²) in [5.74, 6) is -0.516. The molecule has 2 rings (SSSR count). The van der Waals surface area contributed by atoms with Crippen LogP contribution in [-0.4, -0.2) is 51.4 Å². The smallest absolute Gasteiger partial charge is 0.279 e. The second kappa shape index (κ2) is 4.58. The topological polar surface area (TPSA) is 67.9 Å². The van der Waals surface area contributed by atoms with Gasteiger partial charge in [0, 0.05) is 32.5 Å². The van der Waals surface area contributed by atoms with Crippen molar-refractivity contribution in [3.05, 3.63) is 0 Å². The van der Waals surface area contributed by atoms with E-state index in [0.717, 1.165) is 0 Å². The highest BCUT2D eigenvalue weighted by Crippen LogP contribution is 2.31. The molecule has 0 aromatic rings. The minimum absolute atomic E-state index is 0.414. The van der Waals surface area contributed by atoms with Gasteiger partial charge in [-0.2, -0.15) is 12.7 Å². The van der Waals surface area contributed by atoms with Gasteiger partial charge < -0.3 is 9.47 Å². The van der Waals surface area contributed by atoms with E-state index in [-0.39, 0.29) is 0 Å². The molecule has 0 unspecified atom stereocenters. The van der Waals surface area contributed by atoms with E-state index >= 15 is 0 Å². The minimum Gasteiger partial charge on any atom is -0.347 e. The zero-order valence-corrected chi connectivity index (χ0v) is 10.3. The average Bonchev–Trinajstić information content (AvgIpc) is 2.67. The normalized spacial score (nSPS) is 26.3. The molecule has 16 heavy (non-hydrogen) atoms. The molecule has 0 saturated carbocycles. The molecule has 6 nitrogen and oxygen atoms in total. The highest BCUT2D eigenvalue weighted by molar-refractivity contribution is 7.87. The quantitative estimate of drug-likeness (QED) is 0.745. The van der Waals surface area contributed by atoms with Crippen molar-refractivity contribution in [1.82, 2.24) is 9.03 Å². The van der Waals surface area contributed by atoms with Gasteiger partial charge in [-0.05, 0) is 0 Å². The second-order valence-electron chi connectivity index (χ2n) is 4.01. The first-order chi connectivity index (χ1) is 7.58. The predicted octanol–water partition coefficient (Wildman–Crippen LogP) is -0.320. The molecule has 0 aromatic carbocycles. The summed E-state index contributed by atoms with van der Waals surface area (Å²) >= 11 is 0. The first kappa shape index (κ1) is 12.3. The van der Waals surface area contributed by atoms with Gasteiger partial charge in [0.2, 0.25) is 0 Å². The number of hydrogen-bond acceptors (Lipinski definition) is 4. The molecule has 1 N–H and O–H groups in total. The van der Waals surface area contributed by atoms with E-state index < -0.39 is 16.0 Å². The molecular formula is C9H18N2O4S. The van der Waals surface area contributed by atoms with Crippen LogP contribution in [0.3, 0.4) is 0 Å². The van der Waals surface area contributed by atoms with Crippen LogP contribution >= 0.6 is 0 Å². The van der Waals surface area contributed by atoms with Gasteiger partial charge in [-0.1, -0.05) is 6.92 Å². The van der Waals surface area contributed by atoms with E-state index in [2.05, 4.69) is 4.72 Å². The molecule has 0 bridgehead atoms. The van der Waals surface area contributed by atoms with E-state index in [1.165, 1.54) is 4.31 Å². The maximum absolute atomic E-state index is 11.7. The van der Waals surface area contributed by atoms with Gasteiger partial charge in [-0.3, -0.25) is 0 Å². The van der Waals surface area contributed by atoms with Crippen molar-refractivity contribution in [1.29, 1.82) is 0 Å². The fourth-order valence-corrected chi connectivity index (χ4v) is 3.34. The summed E-state index contributed by atoms with van der Waals surface area (Å²) in [6.45, 7) is 4.31. The van der Waals surface area contributed by atoms with Crippen LogP contribution < -0.4 is 4.72 Å². The molecule has 0 amide bonds. The van der Waals surface area contributed by atoms with Crippen molar-refractivity contribution >= 4 is 10.2 Å². The number of hydrogen-bond donors (Lipinski definition) is 1.